The molecule has 0 saturated heterocycles. The highest BCUT2D eigenvalue weighted by atomic mass is 127. The first kappa shape index (κ1) is 22.1. The summed E-state index contributed by atoms with van der Waals surface area (Å²) in [4.78, 5) is 32.1. The third kappa shape index (κ3) is 3.81. The van der Waals surface area contributed by atoms with Gasteiger partial charge in [-0.15, -0.1) is 0 Å². The first-order valence-electron chi connectivity index (χ1n) is 10.8. The second-order valence-corrected chi connectivity index (χ2v) is 11.3. The molecule has 0 unspecified atom stereocenters. The molecule has 0 spiro atoms. The highest BCUT2D eigenvalue weighted by molar-refractivity contribution is 14.1. The Bertz CT molecular complexity index is 1340. The fraction of sp³-hybridized carbons (Fsp3) is 0.320. The third-order valence-electron chi connectivity index (χ3n) is 6.25. The van der Waals surface area contributed by atoms with Gasteiger partial charge in [0.25, 0.3) is 5.56 Å². The van der Waals surface area contributed by atoms with Gasteiger partial charge < -0.3 is 5.32 Å². The molecule has 2 aliphatic rings. The summed E-state index contributed by atoms with van der Waals surface area (Å²) in [5.74, 6) is 0.932. The van der Waals surface area contributed by atoms with Crippen LogP contribution in [0.3, 0.4) is 0 Å². The summed E-state index contributed by atoms with van der Waals surface area (Å²) in [5.41, 5.74) is 4.17. The van der Waals surface area contributed by atoms with Crippen molar-refractivity contribution >= 4 is 67.6 Å². The van der Waals surface area contributed by atoms with Crippen LogP contribution in [0.4, 0.5) is 0 Å². The Morgan fingerprint density at radius 1 is 1.19 bits per heavy atom. The average Bonchev–Trinajstić information content (AvgIpc) is 3.14. The number of carbonyl (C=O) groups excluding carboxylic acids is 1. The molecule has 2 aromatic carbocycles. The van der Waals surface area contributed by atoms with Crippen molar-refractivity contribution in [1.82, 2.24) is 14.9 Å². The number of nitrogens with one attached hydrogen (secondary N) is 1. The van der Waals surface area contributed by atoms with E-state index in [1.54, 1.807) is 4.57 Å². The van der Waals surface area contributed by atoms with Gasteiger partial charge in [-0.3, -0.25) is 14.2 Å². The van der Waals surface area contributed by atoms with Gasteiger partial charge in [-0.2, -0.15) is 0 Å². The summed E-state index contributed by atoms with van der Waals surface area (Å²) < 4.78 is 3.62. The Morgan fingerprint density at radius 2 is 1.97 bits per heavy atom. The number of hydrogen-bond acceptors (Lipinski definition) is 3. The van der Waals surface area contributed by atoms with Gasteiger partial charge in [0, 0.05) is 13.6 Å². The van der Waals surface area contributed by atoms with E-state index in [2.05, 4.69) is 82.6 Å². The van der Waals surface area contributed by atoms with Crippen LogP contribution < -0.4 is 10.9 Å². The summed E-state index contributed by atoms with van der Waals surface area (Å²) in [6.45, 7) is 4.24. The molecule has 7 heteroatoms. The van der Waals surface area contributed by atoms with E-state index in [9.17, 15) is 9.59 Å². The van der Waals surface area contributed by atoms with Gasteiger partial charge in [-0.05, 0) is 92.8 Å². The molecule has 0 bridgehead atoms. The van der Waals surface area contributed by atoms with E-state index in [0.29, 0.717) is 23.5 Å². The summed E-state index contributed by atoms with van der Waals surface area (Å²) in [6, 6.07) is 11.3. The average molecular weight is 651 g/mol. The van der Waals surface area contributed by atoms with E-state index >= 15 is 0 Å². The molecule has 1 aliphatic carbocycles. The lowest BCUT2D eigenvalue weighted by Gasteiger charge is -2.34. The summed E-state index contributed by atoms with van der Waals surface area (Å²) in [7, 11) is 0. The maximum absolute atomic E-state index is 13.8. The number of rotatable bonds is 4. The zero-order valence-corrected chi connectivity index (χ0v) is 22.2. The van der Waals surface area contributed by atoms with Gasteiger partial charge in [0.15, 0.2) is 0 Å². The molecule has 1 aromatic heterocycles. The summed E-state index contributed by atoms with van der Waals surface area (Å²) >= 11 is 4.47. The van der Waals surface area contributed by atoms with Crippen molar-refractivity contribution in [1.29, 1.82) is 0 Å². The lowest BCUT2D eigenvalue weighted by Crippen LogP contribution is -2.48. The lowest BCUT2D eigenvalue weighted by molar-refractivity contribution is -0.126. The van der Waals surface area contributed by atoms with Gasteiger partial charge in [0.2, 0.25) is 5.91 Å². The highest BCUT2D eigenvalue weighted by Gasteiger charge is 2.37. The highest BCUT2D eigenvalue weighted by Crippen LogP contribution is 2.37. The van der Waals surface area contributed by atoms with Crippen LogP contribution in [0.25, 0.3) is 16.5 Å². The predicted octanol–water partition coefficient (Wildman–Crippen LogP) is 5.39. The van der Waals surface area contributed by atoms with Crippen molar-refractivity contribution in [2.24, 2.45) is 5.92 Å². The fourth-order valence-corrected chi connectivity index (χ4v) is 6.78. The Kier molecular flexibility index (Phi) is 5.90. The van der Waals surface area contributed by atoms with Crippen LogP contribution >= 0.6 is 45.2 Å². The molecule has 1 N–H and O–H groups in total. The third-order valence-corrected chi connectivity index (χ3v) is 7.69. The largest absolute Gasteiger partial charge is 0.344 e. The maximum Gasteiger partial charge on any atom is 0.262 e. The van der Waals surface area contributed by atoms with Gasteiger partial charge in [0.05, 0.1) is 16.9 Å². The molecule has 1 amide bonds. The monoisotopic (exact) mass is 651 g/mol. The Hall–Kier alpha value is -1.75. The Morgan fingerprint density at radius 3 is 2.75 bits per heavy atom. The number of benzene rings is 2. The number of nitrogens with zero attached hydrogens (tertiary/aromatic N) is 2. The molecule has 2 heterocycles. The molecule has 32 heavy (non-hydrogen) atoms. The first-order valence-corrected chi connectivity index (χ1v) is 13.0. The number of aromatic nitrogens is 2. The van der Waals surface area contributed by atoms with Crippen molar-refractivity contribution in [2.45, 2.75) is 45.2 Å². The zero-order chi connectivity index (χ0) is 22.6. The Balaban J connectivity index is 1.68. The number of hydrogen-bond donors (Lipinski definition) is 1. The summed E-state index contributed by atoms with van der Waals surface area (Å²) in [6.07, 6.45) is 4.27. The smallest absolute Gasteiger partial charge is 0.262 e. The lowest BCUT2D eigenvalue weighted by atomic mass is 9.95. The van der Waals surface area contributed by atoms with Crippen LogP contribution in [0.15, 0.2) is 47.3 Å². The molecular weight excluding hydrogens is 628 g/mol. The minimum Gasteiger partial charge on any atom is -0.344 e. The van der Waals surface area contributed by atoms with E-state index in [1.807, 2.05) is 24.3 Å². The summed E-state index contributed by atoms with van der Waals surface area (Å²) in [5, 5.41) is 3.76. The Labute approximate surface area is 214 Å². The molecule has 1 aliphatic heterocycles. The topological polar surface area (TPSA) is 64.0 Å². The second kappa shape index (κ2) is 8.55. The van der Waals surface area contributed by atoms with Crippen molar-refractivity contribution < 1.29 is 4.79 Å². The normalized spacial score (nSPS) is 19.7. The molecule has 0 fully saturated rings. The quantitative estimate of drug-likeness (QED) is 0.385. The minimum absolute atomic E-state index is 0.1000. The molecule has 3 aromatic rings. The minimum atomic E-state index is -0.606. The van der Waals surface area contributed by atoms with Gasteiger partial charge in [-0.1, -0.05) is 44.2 Å². The first-order chi connectivity index (χ1) is 15.3. The molecule has 2 atom stereocenters. The molecule has 0 radical (unpaired) electrons. The number of amides is 1. The van der Waals surface area contributed by atoms with Crippen molar-refractivity contribution in [3.05, 3.63) is 76.9 Å². The van der Waals surface area contributed by atoms with Crippen molar-refractivity contribution in [2.75, 3.05) is 0 Å². The van der Waals surface area contributed by atoms with Crippen LogP contribution in [0.1, 0.15) is 55.7 Å². The SMILES string of the molecule is CC(C)C[C@@H]1NC(=O)[C@@H](CC2=CCc3ccccc32)n2c1nc1c(I)cc(I)cc1c2=O. The number of carbonyl (C=O) groups is 1. The molecule has 5 rings (SSSR count). The van der Waals surface area contributed by atoms with E-state index in [4.69, 9.17) is 4.98 Å². The van der Waals surface area contributed by atoms with E-state index < -0.39 is 6.04 Å². The molecule has 0 saturated carbocycles. The molecule has 5 nitrogen and oxygen atoms in total. The maximum atomic E-state index is 13.8. The predicted molar refractivity (Wildman–Crippen MR) is 144 cm³/mol. The zero-order valence-electron chi connectivity index (χ0n) is 17.9. The second-order valence-electron chi connectivity index (χ2n) is 8.93. The van der Waals surface area contributed by atoms with Crippen molar-refractivity contribution in [3.8, 4) is 0 Å². The van der Waals surface area contributed by atoms with Crippen LogP contribution in [-0.4, -0.2) is 15.5 Å². The van der Waals surface area contributed by atoms with Gasteiger partial charge >= 0.3 is 0 Å². The van der Waals surface area contributed by atoms with E-state index in [0.717, 1.165) is 31.1 Å². The number of fused-ring (bicyclic) bond motifs is 3. The van der Waals surface area contributed by atoms with Crippen LogP contribution in [-0.2, 0) is 11.2 Å². The standard InChI is InChI=1S/C25H23I2N3O2/c1-13(2)9-20-23-29-22-18(11-16(26)12-19(22)27)25(32)30(23)21(24(31)28-20)10-15-8-7-14-5-3-4-6-17(14)15/h3-6,8,11-13,20-21H,7,9-10H2,1-2H3,(H,28,31)/t20-,21+/m0/s1. The fourth-order valence-electron chi connectivity index (χ4n) is 4.82. The van der Waals surface area contributed by atoms with Gasteiger partial charge in [-0.25, -0.2) is 4.98 Å². The number of halogens is 2. The molecule has 164 valence electrons. The van der Waals surface area contributed by atoms with Crippen molar-refractivity contribution in [3.63, 3.8) is 0 Å². The van der Waals surface area contributed by atoms with E-state index in [-0.39, 0.29) is 17.5 Å². The van der Waals surface area contributed by atoms with Gasteiger partial charge in [0.1, 0.15) is 11.9 Å². The number of allylic oxidation sites excluding steroid dienone is 2. The van der Waals surface area contributed by atoms with Crippen LogP contribution in [0, 0.1) is 13.1 Å². The molecular formula is C25H23I2N3O2. The van der Waals surface area contributed by atoms with Crippen LogP contribution in [0.5, 0.6) is 0 Å². The van der Waals surface area contributed by atoms with Crippen LogP contribution in [0.2, 0.25) is 0 Å². The van der Waals surface area contributed by atoms with E-state index in [1.165, 1.54) is 11.1 Å².